The van der Waals surface area contributed by atoms with Crippen LogP contribution < -0.4 is 4.74 Å². The van der Waals surface area contributed by atoms with Crippen LogP contribution in [0.1, 0.15) is 5.56 Å². The molecule has 0 bridgehead atoms. The number of hydrogen-bond acceptors (Lipinski definition) is 3. The molecule has 0 radical (unpaired) electrons. The Morgan fingerprint density at radius 1 is 1.15 bits per heavy atom. The Bertz CT molecular complexity index is 769. The van der Waals surface area contributed by atoms with Crippen LogP contribution in [0.15, 0.2) is 58.5 Å². The molecule has 1 aromatic heterocycles. The first-order valence-electron chi connectivity index (χ1n) is 6.14. The lowest BCUT2D eigenvalue weighted by molar-refractivity contribution is 0.413. The zero-order valence-electron chi connectivity index (χ0n) is 10.9. The number of nitrogens with one attached hydrogen (secondary N) is 1. The van der Waals surface area contributed by atoms with E-state index in [0.29, 0.717) is 5.56 Å². The second-order valence-electron chi connectivity index (χ2n) is 4.30. The summed E-state index contributed by atoms with van der Waals surface area (Å²) in [6.45, 7) is 0. The molecule has 0 aliphatic carbocycles. The van der Waals surface area contributed by atoms with E-state index in [9.17, 15) is 5.26 Å². The number of rotatable bonds is 3. The first kappa shape index (κ1) is 12.6. The van der Waals surface area contributed by atoms with Crippen molar-refractivity contribution in [1.82, 2.24) is 4.98 Å². The van der Waals surface area contributed by atoms with Crippen LogP contribution in [0.4, 0.5) is 0 Å². The third-order valence-electron chi connectivity index (χ3n) is 3.03. The number of nitrogens with zero attached hydrogens (tertiary/aromatic N) is 1. The zero-order valence-corrected chi connectivity index (χ0v) is 11.7. The molecule has 3 nitrogen and oxygen atoms in total. The van der Waals surface area contributed by atoms with Crippen LogP contribution in [-0.4, -0.2) is 12.1 Å². The van der Waals surface area contributed by atoms with E-state index in [-0.39, 0.29) is 0 Å². The number of methoxy groups -OCH3 is 1. The van der Waals surface area contributed by atoms with Crippen LogP contribution in [0, 0.1) is 11.3 Å². The molecule has 3 aromatic rings. The van der Waals surface area contributed by atoms with E-state index in [0.717, 1.165) is 26.6 Å². The molecule has 0 amide bonds. The summed E-state index contributed by atoms with van der Waals surface area (Å²) in [7, 11) is 1.62. The number of para-hydroxylation sites is 1. The molecule has 0 fully saturated rings. The van der Waals surface area contributed by atoms with Crippen molar-refractivity contribution < 1.29 is 4.74 Å². The van der Waals surface area contributed by atoms with Gasteiger partial charge in [0.05, 0.1) is 17.7 Å². The summed E-state index contributed by atoms with van der Waals surface area (Å²) in [5.41, 5.74) is 1.74. The van der Waals surface area contributed by atoms with Gasteiger partial charge >= 0.3 is 0 Å². The Labute approximate surface area is 121 Å². The van der Waals surface area contributed by atoms with Crippen molar-refractivity contribution in [2.24, 2.45) is 0 Å². The molecule has 98 valence electrons. The van der Waals surface area contributed by atoms with Crippen molar-refractivity contribution in [3.8, 4) is 11.8 Å². The van der Waals surface area contributed by atoms with Crippen LogP contribution in [0.2, 0.25) is 0 Å². The predicted molar refractivity (Wildman–Crippen MR) is 80.1 cm³/mol. The predicted octanol–water partition coefficient (Wildman–Crippen LogP) is 4.20. The number of aromatic amines is 1. The highest BCUT2D eigenvalue weighted by atomic mass is 32.2. The number of ether oxygens (including phenoxy) is 1. The van der Waals surface area contributed by atoms with Gasteiger partial charge in [-0.25, -0.2) is 0 Å². The fourth-order valence-corrected chi connectivity index (χ4v) is 3.01. The summed E-state index contributed by atoms with van der Waals surface area (Å²) in [6, 6.07) is 17.9. The maximum atomic E-state index is 9.19. The number of benzene rings is 2. The minimum Gasteiger partial charge on any atom is -0.497 e. The standard InChI is InChI=1S/C16H12N2OS/c1-19-13-7-6-12(10-17)15(9-13)20-16-8-11-4-2-3-5-14(11)18-16/h2-9,18H,1H3. The summed E-state index contributed by atoms with van der Waals surface area (Å²) in [4.78, 5) is 4.23. The topological polar surface area (TPSA) is 48.8 Å². The highest BCUT2D eigenvalue weighted by Crippen LogP contribution is 2.34. The summed E-state index contributed by atoms with van der Waals surface area (Å²) in [5.74, 6) is 0.752. The highest BCUT2D eigenvalue weighted by Gasteiger charge is 2.08. The molecule has 20 heavy (non-hydrogen) atoms. The Hall–Kier alpha value is -2.38. The van der Waals surface area contributed by atoms with Crippen molar-refractivity contribution in [2.75, 3.05) is 7.11 Å². The molecular weight excluding hydrogens is 268 g/mol. The van der Waals surface area contributed by atoms with E-state index in [2.05, 4.69) is 23.2 Å². The van der Waals surface area contributed by atoms with Crippen LogP contribution in [0.25, 0.3) is 10.9 Å². The molecule has 0 saturated carbocycles. The molecular formula is C16H12N2OS. The maximum absolute atomic E-state index is 9.19. The summed E-state index contributed by atoms with van der Waals surface area (Å²) >= 11 is 1.54. The first-order chi connectivity index (χ1) is 9.80. The van der Waals surface area contributed by atoms with Crippen molar-refractivity contribution in [1.29, 1.82) is 5.26 Å². The summed E-state index contributed by atoms with van der Waals surface area (Å²) in [6.07, 6.45) is 0. The largest absolute Gasteiger partial charge is 0.497 e. The van der Waals surface area contributed by atoms with Crippen molar-refractivity contribution in [2.45, 2.75) is 9.92 Å². The second-order valence-corrected chi connectivity index (χ2v) is 5.38. The van der Waals surface area contributed by atoms with Crippen LogP contribution in [0.5, 0.6) is 5.75 Å². The minimum absolute atomic E-state index is 0.648. The molecule has 0 atom stereocenters. The number of aromatic nitrogens is 1. The maximum Gasteiger partial charge on any atom is 0.120 e. The fourth-order valence-electron chi connectivity index (χ4n) is 2.03. The zero-order chi connectivity index (χ0) is 13.9. The van der Waals surface area contributed by atoms with Gasteiger partial charge in [0, 0.05) is 15.8 Å². The lowest BCUT2D eigenvalue weighted by Gasteiger charge is -2.05. The molecule has 3 rings (SSSR count). The molecule has 1 heterocycles. The Morgan fingerprint density at radius 2 is 2.00 bits per heavy atom. The van der Waals surface area contributed by atoms with E-state index < -0.39 is 0 Å². The molecule has 0 spiro atoms. The Balaban J connectivity index is 1.99. The average molecular weight is 280 g/mol. The van der Waals surface area contributed by atoms with Crippen LogP contribution >= 0.6 is 11.8 Å². The van der Waals surface area contributed by atoms with Gasteiger partial charge in [0.15, 0.2) is 0 Å². The Morgan fingerprint density at radius 3 is 2.75 bits per heavy atom. The number of hydrogen-bond donors (Lipinski definition) is 1. The smallest absolute Gasteiger partial charge is 0.120 e. The SMILES string of the molecule is COc1ccc(C#N)c(Sc2cc3ccccc3[nH]2)c1. The highest BCUT2D eigenvalue weighted by molar-refractivity contribution is 7.99. The average Bonchev–Trinajstić information content (AvgIpc) is 2.89. The number of H-pyrrole nitrogens is 1. The third kappa shape index (κ3) is 2.36. The Kier molecular flexibility index (Phi) is 3.36. The van der Waals surface area contributed by atoms with Gasteiger partial charge in [-0.15, -0.1) is 0 Å². The third-order valence-corrected chi connectivity index (χ3v) is 4.03. The minimum atomic E-state index is 0.648. The number of fused-ring (bicyclic) bond motifs is 1. The molecule has 0 aliphatic heterocycles. The van der Waals surface area contributed by atoms with Gasteiger partial charge in [-0.2, -0.15) is 5.26 Å². The van der Waals surface area contributed by atoms with Crippen LogP contribution in [-0.2, 0) is 0 Å². The fraction of sp³-hybridized carbons (Fsp3) is 0.0625. The van der Waals surface area contributed by atoms with E-state index in [1.165, 1.54) is 11.8 Å². The first-order valence-corrected chi connectivity index (χ1v) is 6.95. The van der Waals surface area contributed by atoms with E-state index in [1.54, 1.807) is 19.2 Å². The van der Waals surface area contributed by atoms with Gasteiger partial charge < -0.3 is 9.72 Å². The van der Waals surface area contributed by atoms with Gasteiger partial charge in [0.25, 0.3) is 0 Å². The normalized spacial score (nSPS) is 10.4. The lowest BCUT2D eigenvalue weighted by atomic mass is 10.2. The van der Waals surface area contributed by atoms with E-state index >= 15 is 0 Å². The monoisotopic (exact) mass is 280 g/mol. The van der Waals surface area contributed by atoms with Crippen LogP contribution in [0.3, 0.4) is 0 Å². The molecule has 0 aliphatic rings. The molecule has 1 N–H and O–H groups in total. The van der Waals surface area contributed by atoms with E-state index in [1.807, 2.05) is 24.3 Å². The van der Waals surface area contributed by atoms with Crippen molar-refractivity contribution >= 4 is 22.7 Å². The second kappa shape index (κ2) is 5.32. The summed E-state index contributed by atoms with van der Waals surface area (Å²) < 4.78 is 5.22. The molecule has 2 aromatic carbocycles. The van der Waals surface area contributed by atoms with Gasteiger partial charge in [-0.3, -0.25) is 0 Å². The molecule has 0 unspecified atom stereocenters. The van der Waals surface area contributed by atoms with Gasteiger partial charge in [-0.1, -0.05) is 30.0 Å². The van der Waals surface area contributed by atoms with E-state index in [4.69, 9.17) is 4.74 Å². The lowest BCUT2D eigenvalue weighted by Crippen LogP contribution is -1.86. The van der Waals surface area contributed by atoms with Gasteiger partial charge in [0.1, 0.15) is 11.8 Å². The van der Waals surface area contributed by atoms with Crippen molar-refractivity contribution in [3.63, 3.8) is 0 Å². The summed E-state index contributed by atoms with van der Waals surface area (Å²) in [5, 5.41) is 11.4. The van der Waals surface area contributed by atoms with Gasteiger partial charge in [0.2, 0.25) is 0 Å². The quantitative estimate of drug-likeness (QED) is 0.782. The molecule has 0 saturated heterocycles. The van der Waals surface area contributed by atoms with Crippen molar-refractivity contribution in [3.05, 3.63) is 54.1 Å². The number of nitriles is 1. The molecule has 4 heteroatoms. The van der Waals surface area contributed by atoms with Gasteiger partial charge in [-0.05, 0) is 30.3 Å².